The van der Waals surface area contributed by atoms with E-state index in [1.165, 1.54) is 6.20 Å². The minimum Gasteiger partial charge on any atom is -0.474 e. The Labute approximate surface area is 178 Å². The Morgan fingerprint density at radius 1 is 1.29 bits per heavy atom. The minimum absolute atomic E-state index is 0.00383. The highest BCUT2D eigenvalue weighted by molar-refractivity contribution is 6.00. The van der Waals surface area contributed by atoms with Gasteiger partial charge in [-0.05, 0) is 42.3 Å². The number of nitrogens with zero attached hydrogens (tertiary/aromatic N) is 2. The fraction of sp³-hybridized carbons (Fsp3) is 0.318. The van der Waals surface area contributed by atoms with Crippen molar-refractivity contribution in [3.05, 3.63) is 35.9 Å². The van der Waals surface area contributed by atoms with Crippen molar-refractivity contribution in [2.24, 2.45) is 5.92 Å². The van der Waals surface area contributed by atoms with E-state index < -0.39 is 5.82 Å². The summed E-state index contributed by atoms with van der Waals surface area (Å²) in [5.41, 5.74) is 8.65. The number of amides is 2. The number of nitrogens with one attached hydrogen (secondary N) is 3. The van der Waals surface area contributed by atoms with E-state index in [0.717, 1.165) is 17.7 Å². The van der Waals surface area contributed by atoms with Crippen LogP contribution in [0.3, 0.4) is 0 Å². The number of urea groups is 1. The second kappa shape index (κ2) is 7.26. The molecule has 0 bridgehead atoms. The Balaban J connectivity index is 1.53. The van der Waals surface area contributed by atoms with Gasteiger partial charge in [0.2, 0.25) is 5.88 Å². The molecule has 31 heavy (non-hydrogen) atoms. The summed E-state index contributed by atoms with van der Waals surface area (Å²) in [5, 5.41) is 10.0. The summed E-state index contributed by atoms with van der Waals surface area (Å²) >= 11 is 0. The Kier molecular flexibility index (Phi) is 4.53. The molecule has 3 aromatic rings. The normalized spacial score (nSPS) is 19.2. The number of carbonyl (C=O) groups excluding carboxylic acids is 1. The Bertz CT molecular complexity index is 1210. The van der Waals surface area contributed by atoms with Gasteiger partial charge in [0.25, 0.3) is 0 Å². The fourth-order valence-electron chi connectivity index (χ4n) is 3.90. The zero-order chi connectivity index (χ0) is 21.7. The molecule has 160 valence electrons. The van der Waals surface area contributed by atoms with Gasteiger partial charge in [0.15, 0.2) is 5.82 Å². The summed E-state index contributed by atoms with van der Waals surface area (Å²) in [6.45, 7) is 5.16. The minimum atomic E-state index is -0.531. The second-order valence-corrected chi connectivity index (χ2v) is 8.11. The van der Waals surface area contributed by atoms with Crippen molar-refractivity contribution in [3.8, 4) is 17.0 Å². The number of nitrogen functional groups attached to an aromatic ring is 1. The molecule has 0 spiro atoms. The summed E-state index contributed by atoms with van der Waals surface area (Å²) in [5.74, 6) is 0.838. The average Bonchev–Trinajstić information content (AvgIpc) is 3.45. The number of aromatic nitrogens is 2. The van der Waals surface area contributed by atoms with Gasteiger partial charge < -0.3 is 21.1 Å². The van der Waals surface area contributed by atoms with Crippen LogP contribution in [0.5, 0.6) is 5.88 Å². The maximum Gasteiger partial charge on any atom is 0.320 e. The zero-order valence-electron chi connectivity index (χ0n) is 17.3. The summed E-state index contributed by atoms with van der Waals surface area (Å²) < 4.78 is 20.8. The molecular weight excluding hydrogens is 399 g/mol. The maximum atomic E-state index is 15.2. The Morgan fingerprint density at radius 3 is 2.87 bits per heavy atom. The Hall–Kier alpha value is -3.62. The molecule has 1 aliphatic carbocycles. The van der Waals surface area contributed by atoms with Crippen molar-refractivity contribution >= 4 is 34.0 Å². The number of fused-ring (bicyclic) bond motifs is 2. The van der Waals surface area contributed by atoms with Crippen molar-refractivity contribution in [1.29, 1.82) is 0 Å². The monoisotopic (exact) mass is 422 g/mol. The number of nitrogens with two attached hydrogens (primary N) is 1. The van der Waals surface area contributed by atoms with Gasteiger partial charge >= 0.3 is 6.03 Å². The molecule has 3 heterocycles. The quantitative estimate of drug-likeness (QED) is 0.479. The molecule has 1 saturated carbocycles. The number of anilines is 3. The molecule has 5 rings (SSSR count). The molecule has 1 aliphatic heterocycles. The fourth-order valence-corrected chi connectivity index (χ4v) is 3.90. The number of halogens is 1. The van der Waals surface area contributed by atoms with Gasteiger partial charge in [-0.2, -0.15) is 0 Å². The third-order valence-electron chi connectivity index (χ3n) is 5.90. The van der Waals surface area contributed by atoms with E-state index in [9.17, 15) is 4.79 Å². The van der Waals surface area contributed by atoms with E-state index in [2.05, 4.69) is 32.8 Å². The summed E-state index contributed by atoms with van der Waals surface area (Å²) in [6, 6.07) is 3.29. The first-order chi connectivity index (χ1) is 14.9. The van der Waals surface area contributed by atoms with Crippen LogP contribution < -0.4 is 26.4 Å². The first-order valence-electron chi connectivity index (χ1n) is 10.2. The number of benzene rings is 1. The highest BCUT2D eigenvalue weighted by Gasteiger charge is 2.33. The lowest BCUT2D eigenvalue weighted by atomic mass is 9.97. The molecular formula is C22H23FN6O2. The van der Waals surface area contributed by atoms with Crippen molar-refractivity contribution in [1.82, 2.24) is 15.3 Å². The molecule has 2 aromatic heterocycles. The topological polar surface area (TPSA) is 114 Å². The van der Waals surface area contributed by atoms with Gasteiger partial charge in [0.1, 0.15) is 18.1 Å². The van der Waals surface area contributed by atoms with E-state index in [1.807, 2.05) is 6.92 Å². The molecule has 2 aliphatic rings. The first-order valence-corrected chi connectivity index (χ1v) is 10.2. The van der Waals surface area contributed by atoms with Crippen molar-refractivity contribution in [3.63, 3.8) is 0 Å². The smallest absolute Gasteiger partial charge is 0.320 e. The van der Waals surface area contributed by atoms with Crippen LogP contribution in [0.2, 0.25) is 0 Å². The average molecular weight is 422 g/mol. The van der Waals surface area contributed by atoms with Gasteiger partial charge in [-0.3, -0.25) is 5.32 Å². The van der Waals surface area contributed by atoms with Crippen LogP contribution in [-0.2, 0) is 0 Å². The standard InChI is InChI=1S/C22H23FN6O2/c1-10-5-16(10)28-22(30)29-17-7-12-6-13(18(23)19(24)15(12)9-26-17)14-8-27-21-20(11(14)2)25-3-4-31-21/h6-10,16,25H,3-5,24H2,1-2H3,(H2,26,28,29,30)/t10-,16-/m0/s1. The number of rotatable bonds is 3. The third kappa shape index (κ3) is 3.45. The van der Waals surface area contributed by atoms with Crippen LogP contribution in [0.25, 0.3) is 21.9 Å². The van der Waals surface area contributed by atoms with E-state index >= 15 is 4.39 Å². The molecule has 1 fully saturated rings. The zero-order valence-corrected chi connectivity index (χ0v) is 17.3. The van der Waals surface area contributed by atoms with Crippen LogP contribution in [0.4, 0.5) is 26.4 Å². The van der Waals surface area contributed by atoms with E-state index in [1.54, 1.807) is 18.3 Å². The van der Waals surface area contributed by atoms with Crippen molar-refractivity contribution in [2.75, 3.05) is 29.5 Å². The first kappa shape index (κ1) is 19.3. The number of carbonyl (C=O) groups is 1. The van der Waals surface area contributed by atoms with E-state index in [-0.39, 0.29) is 17.8 Å². The van der Waals surface area contributed by atoms with E-state index in [4.69, 9.17) is 10.5 Å². The SMILES string of the molecule is Cc1c(-c2cc3cc(NC(=O)N[C@H]4C[C@@H]4C)ncc3c(N)c2F)cnc2c1NCCO2. The third-order valence-corrected chi connectivity index (χ3v) is 5.90. The molecule has 0 radical (unpaired) electrons. The van der Waals surface area contributed by atoms with Crippen LogP contribution in [-0.4, -0.2) is 35.2 Å². The number of ether oxygens (including phenoxy) is 1. The van der Waals surface area contributed by atoms with Gasteiger partial charge in [-0.25, -0.2) is 19.2 Å². The van der Waals surface area contributed by atoms with Crippen LogP contribution in [0.15, 0.2) is 24.5 Å². The predicted octanol–water partition coefficient (Wildman–Crippen LogP) is 3.66. The maximum absolute atomic E-state index is 15.2. The molecule has 5 N–H and O–H groups in total. The molecule has 0 saturated heterocycles. The van der Waals surface area contributed by atoms with Gasteiger partial charge in [-0.15, -0.1) is 0 Å². The van der Waals surface area contributed by atoms with Crippen LogP contribution >= 0.6 is 0 Å². The van der Waals surface area contributed by atoms with Crippen LogP contribution in [0.1, 0.15) is 18.9 Å². The lowest BCUT2D eigenvalue weighted by molar-refractivity contribution is 0.251. The van der Waals surface area contributed by atoms with Gasteiger partial charge in [-0.1, -0.05) is 6.92 Å². The second-order valence-electron chi connectivity index (χ2n) is 8.11. The predicted molar refractivity (Wildman–Crippen MR) is 118 cm³/mol. The largest absolute Gasteiger partial charge is 0.474 e. The molecule has 2 amide bonds. The number of hydrogen-bond donors (Lipinski definition) is 4. The number of pyridine rings is 2. The van der Waals surface area contributed by atoms with Gasteiger partial charge in [0.05, 0.1) is 5.69 Å². The molecule has 1 aromatic carbocycles. The summed E-state index contributed by atoms with van der Waals surface area (Å²) in [7, 11) is 0. The van der Waals surface area contributed by atoms with Crippen LogP contribution in [0, 0.1) is 18.7 Å². The van der Waals surface area contributed by atoms with Crippen molar-refractivity contribution in [2.45, 2.75) is 26.3 Å². The number of hydrogen-bond acceptors (Lipinski definition) is 6. The van der Waals surface area contributed by atoms with Gasteiger partial charge in [0, 0.05) is 41.5 Å². The molecule has 0 unspecified atom stereocenters. The lowest BCUT2D eigenvalue weighted by Gasteiger charge is -2.22. The lowest BCUT2D eigenvalue weighted by Crippen LogP contribution is -2.31. The Morgan fingerprint density at radius 2 is 2.10 bits per heavy atom. The summed E-state index contributed by atoms with van der Waals surface area (Å²) in [6.07, 6.45) is 4.04. The van der Waals surface area contributed by atoms with E-state index in [0.29, 0.717) is 52.7 Å². The highest BCUT2D eigenvalue weighted by atomic mass is 19.1. The highest BCUT2D eigenvalue weighted by Crippen LogP contribution is 2.39. The molecule has 2 atom stereocenters. The van der Waals surface area contributed by atoms with Crippen molar-refractivity contribution < 1.29 is 13.9 Å². The summed E-state index contributed by atoms with van der Waals surface area (Å²) in [4.78, 5) is 20.7. The molecule has 9 heteroatoms. The molecule has 8 nitrogen and oxygen atoms in total.